The van der Waals surface area contributed by atoms with E-state index in [1.54, 1.807) is 21.9 Å². The predicted octanol–water partition coefficient (Wildman–Crippen LogP) is 1.32. The molecule has 0 amide bonds. The van der Waals surface area contributed by atoms with Crippen molar-refractivity contribution < 1.29 is 0 Å². The largest absolute Gasteiger partial charge is 0.269 e. The van der Waals surface area contributed by atoms with Gasteiger partial charge in [-0.1, -0.05) is 6.92 Å². The monoisotopic (exact) mass is 180 g/mol. The number of hydrogen-bond donors (Lipinski definition) is 0. The predicted molar refractivity (Wildman–Crippen MR) is 48.7 cm³/mol. The minimum absolute atomic E-state index is 0.00375. The van der Waals surface area contributed by atoms with Crippen LogP contribution in [-0.2, 0) is 6.42 Å². The zero-order chi connectivity index (χ0) is 8.55. The van der Waals surface area contributed by atoms with Crippen LogP contribution in [0.1, 0.15) is 11.8 Å². The van der Waals surface area contributed by atoms with E-state index in [1.807, 2.05) is 6.20 Å². The summed E-state index contributed by atoms with van der Waals surface area (Å²) in [6.45, 7) is 2.07. The topological polar surface area (TPSA) is 34.4 Å². The van der Waals surface area contributed by atoms with Gasteiger partial charge in [0.15, 0.2) is 4.96 Å². The van der Waals surface area contributed by atoms with Crippen molar-refractivity contribution in [2.24, 2.45) is 0 Å². The molecular weight excluding hydrogens is 172 g/mol. The van der Waals surface area contributed by atoms with Crippen LogP contribution in [0.3, 0.4) is 0 Å². The van der Waals surface area contributed by atoms with Gasteiger partial charge in [-0.2, -0.15) is 0 Å². The summed E-state index contributed by atoms with van der Waals surface area (Å²) in [5, 5.41) is 0. The maximum Gasteiger partial charge on any atom is 0.258 e. The number of fused-ring (bicyclic) bond motifs is 1. The second kappa shape index (κ2) is 2.71. The normalized spacial score (nSPS) is 10.8. The Morgan fingerprint density at radius 2 is 2.50 bits per heavy atom. The maximum atomic E-state index is 11.2. The molecule has 0 radical (unpaired) electrons. The van der Waals surface area contributed by atoms with E-state index in [0.717, 1.165) is 11.4 Å². The number of thiazole rings is 1. The molecule has 0 aromatic carbocycles. The zero-order valence-corrected chi connectivity index (χ0v) is 7.47. The molecule has 0 fully saturated rings. The Bertz CT molecular complexity index is 457. The summed E-state index contributed by atoms with van der Waals surface area (Å²) in [5.41, 5.74) is -0.00375. The minimum atomic E-state index is -0.00375. The van der Waals surface area contributed by atoms with E-state index in [-0.39, 0.29) is 5.56 Å². The smallest absolute Gasteiger partial charge is 0.258 e. The third-order valence-electron chi connectivity index (χ3n) is 1.69. The van der Waals surface area contributed by atoms with Crippen molar-refractivity contribution in [3.05, 3.63) is 33.7 Å². The van der Waals surface area contributed by atoms with Gasteiger partial charge in [0, 0.05) is 23.3 Å². The van der Waals surface area contributed by atoms with Crippen LogP contribution in [0.25, 0.3) is 4.96 Å². The van der Waals surface area contributed by atoms with Crippen LogP contribution in [0.15, 0.2) is 23.3 Å². The summed E-state index contributed by atoms with van der Waals surface area (Å²) < 4.78 is 1.59. The van der Waals surface area contributed by atoms with Gasteiger partial charge in [-0.05, 0) is 6.42 Å². The number of hydrogen-bond acceptors (Lipinski definition) is 3. The highest BCUT2D eigenvalue weighted by molar-refractivity contribution is 7.17. The first kappa shape index (κ1) is 7.49. The van der Waals surface area contributed by atoms with Gasteiger partial charge in [0.05, 0.1) is 0 Å². The van der Waals surface area contributed by atoms with Crippen LogP contribution in [0.4, 0.5) is 0 Å². The average Bonchev–Trinajstić information content (AvgIpc) is 2.49. The number of aromatic nitrogens is 2. The lowest BCUT2D eigenvalue weighted by Gasteiger charge is -1.85. The van der Waals surface area contributed by atoms with E-state index in [1.165, 1.54) is 10.9 Å². The maximum absolute atomic E-state index is 11.2. The molecule has 4 heteroatoms. The van der Waals surface area contributed by atoms with Crippen molar-refractivity contribution in [1.82, 2.24) is 9.38 Å². The van der Waals surface area contributed by atoms with Crippen LogP contribution in [0.2, 0.25) is 0 Å². The lowest BCUT2D eigenvalue weighted by atomic mass is 10.4. The summed E-state index contributed by atoms with van der Waals surface area (Å²) in [6.07, 6.45) is 4.36. The molecule has 0 saturated heterocycles. The van der Waals surface area contributed by atoms with Crippen molar-refractivity contribution in [2.45, 2.75) is 13.3 Å². The van der Waals surface area contributed by atoms with Gasteiger partial charge in [-0.15, -0.1) is 11.3 Å². The fourth-order valence-electron chi connectivity index (χ4n) is 1.05. The SMILES string of the molecule is CCc1cn2c(=O)ccnc2s1. The molecule has 0 unspecified atom stereocenters. The minimum Gasteiger partial charge on any atom is -0.269 e. The Kier molecular flexibility index (Phi) is 1.69. The van der Waals surface area contributed by atoms with E-state index < -0.39 is 0 Å². The molecule has 3 nitrogen and oxygen atoms in total. The molecule has 0 bridgehead atoms. The first-order chi connectivity index (χ1) is 5.81. The highest BCUT2D eigenvalue weighted by Gasteiger charge is 2.00. The van der Waals surface area contributed by atoms with E-state index in [4.69, 9.17) is 0 Å². The van der Waals surface area contributed by atoms with Crippen molar-refractivity contribution >= 4 is 16.3 Å². The summed E-state index contributed by atoms with van der Waals surface area (Å²) in [7, 11) is 0. The lowest BCUT2D eigenvalue weighted by Crippen LogP contribution is -2.09. The molecule has 0 aliphatic carbocycles. The third-order valence-corrected chi connectivity index (χ3v) is 2.83. The highest BCUT2D eigenvalue weighted by atomic mass is 32.1. The Morgan fingerprint density at radius 3 is 3.17 bits per heavy atom. The first-order valence-electron chi connectivity index (χ1n) is 3.77. The molecule has 0 spiro atoms. The summed E-state index contributed by atoms with van der Waals surface area (Å²) in [4.78, 5) is 17.3. The van der Waals surface area contributed by atoms with E-state index >= 15 is 0 Å². The highest BCUT2D eigenvalue weighted by Crippen LogP contribution is 2.13. The van der Waals surface area contributed by atoms with E-state index in [2.05, 4.69) is 11.9 Å². The van der Waals surface area contributed by atoms with Crippen LogP contribution in [0, 0.1) is 0 Å². The summed E-state index contributed by atoms with van der Waals surface area (Å²) >= 11 is 1.56. The molecule has 0 aliphatic rings. The van der Waals surface area contributed by atoms with Gasteiger partial charge >= 0.3 is 0 Å². The third kappa shape index (κ3) is 1.04. The molecule has 2 rings (SSSR count). The van der Waals surface area contributed by atoms with Crippen molar-refractivity contribution in [2.75, 3.05) is 0 Å². The van der Waals surface area contributed by atoms with Gasteiger partial charge in [0.1, 0.15) is 0 Å². The second-order valence-electron chi connectivity index (χ2n) is 2.49. The van der Waals surface area contributed by atoms with E-state index in [0.29, 0.717) is 0 Å². The number of aryl methyl sites for hydroxylation is 1. The van der Waals surface area contributed by atoms with Gasteiger partial charge in [0.2, 0.25) is 0 Å². The molecule has 2 aromatic heterocycles. The molecule has 0 saturated carbocycles. The van der Waals surface area contributed by atoms with Crippen LogP contribution >= 0.6 is 11.3 Å². The fraction of sp³-hybridized carbons (Fsp3) is 0.250. The quantitative estimate of drug-likeness (QED) is 0.663. The van der Waals surface area contributed by atoms with Gasteiger partial charge in [0.25, 0.3) is 5.56 Å². The van der Waals surface area contributed by atoms with Crippen molar-refractivity contribution in [3.8, 4) is 0 Å². The van der Waals surface area contributed by atoms with Gasteiger partial charge < -0.3 is 0 Å². The Morgan fingerprint density at radius 1 is 1.67 bits per heavy atom. The standard InChI is InChI=1S/C8H8N2OS/c1-2-6-5-10-7(11)3-4-9-8(10)12-6/h3-5H,2H2,1H3. The molecular formula is C8H8N2OS. The van der Waals surface area contributed by atoms with Gasteiger partial charge in [-0.25, -0.2) is 4.98 Å². The summed E-state index contributed by atoms with van der Waals surface area (Å²) in [5.74, 6) is 0. The van der Waals surface area contributed by atoms with Crippen molar-refractivity contribution in [3.63, 3.8) is 0 Å². The molecule has 62 valence electrons. The van der Waals surface area contributed by atoms with Gasteiger partial charge in [-0.3, -0.25) is 9.20 Å². The Hall–Kier alpha value is -1.16. The molecule has 12 heavy (non-hydrogen) atoms. The molecule has 2 aromatic rings. The Labute approximate surface area is 73.3 Å². The second-order valence-corrected chi connectivity index (χ2v) is 3.58. The average molecular weight is 180 g/mol. The van der Waals surface area contributed by atoms with E-state index in [9.17, 15) is 4.79 Å². The molecule has 2 heterocycles. The van der Waals surface area contributed by atoms with Crippen molar-refractivity contribution in [1.29, 1.82) is 0 Å². The zero-order valence-electron chi connectivity index (χ0n) is 6.65. The Balaban J connectivity index is 2.83. The van der Waals surface area contributed by atoms with Crippen LogP contribution in [-0.4, -0.2) is 9.38 Å². The first-order valence-corrected chi connectivity index (χ1v) is 4.59. The molecule has 0 N–H and O–H groups in total. The number of nitrogens with zero attached hydrogens (tertiary/aromatic N) is 2. The lowest BCUT2D eigenvalue weighted by molar-refractivity contribution is 1.05. The number of rotatable bonds is 1. The fourth-order valence-corrected chi connectivity index (χ4v) is 1.94. The summed E-state index contributed by atoms with van der Waals surface area (Å²) in [6, 6.07) is 1.47. The van der Waals surface area contributed by atoms with Crippen LogP contribution < -0.4 is 5.56 Å². The van der Waals surface area contributed by atoms with Crippen LogP contribution in [0.5, 0.6) is 0 Å². The molecule has 0 aliphatic heterocycles. The molecule has 0 atom stereocenters.